The Kier molecular flexibility index (Phi) is 6.77. The highest BCUT2D eigenvalue weighted by molar-refractivity contribution is 5.89. The first-order chi connectivity index (χ1) is 15.9. The van der Waals surface area contributed by atoms with Crippen LogP contribution in [0.5, 0.6) is 5.75 Å². The van der Waals surface area contributed by atoms with Gasteiger partial charge in [0.1, 0.15) is 17.9 Å². The maximum Gasteiger partial charge on any atom is 0.307 e. The molecule has 4 aromatic rings. The normalized spacial score (nSPS) is 11.3. The molecule has 0 aliphatic carbocycles. The van der Waals surface area contributed by atoms with Gasteiger partial charge < -0.3 is 24.9 Å². The zero-order chi connectivity index (χ0) is 23.4. The predicted molar refractivity (Wildman–Crippen MR) is 129 cm³/mol. The Morgan fingerprint density at radius 1 is 1.00 bits per heavy atom. The van der Waals surface area contributed by atoms with E-state index in [-0.39, 0.29) is 13.0 Å². The first-order valence-electron chi connectivity index (χ1n) is 10.8. The van der Waals surface area contributed by atoms with Gasteiger partial charge >= 0.3 is 5.97 Å². The highest BCUT2D eigenvalue weighted by atomic mass is 16.5. The minimum atomic E-state index is -0.891. The van der Waals surface area contributed by atoms with Crippen molar-refractivity contribution in [2.45, 2.75) is 26.1 Å². The molecule has 33 heavy (non-hydrogen) atoms. The molecule has 1 aromatic heterocycles. The maximum absolute atomic E-state index is 11.2. The summed E-state index contributed by atoms with van der Waals surface area (Å²) in [5.41, 5.74) is 12.6. The predicted octanol–water partition coefficient (Wildman–Crippen LogP) is 4.83. The average Bonchev–Trinajstić information content (AvgIpc) is 3.21. The minimum absolute atomic E-state index is 0.0864. The molecule has 3 N–H and O–H groups in total. The summed E-state index contributed by atoms with van der Waals surface area (Å²) < 4.78 is 12.0. The number of para-hydroxylation sites is 1. The molecule has 0 amide bonds. The topological polar surface area (TPSA) is 88.9 Å². The van der Waals surface area contributed by atoms with Crippen molar-refractivity contribution >= 4 is 16.9 Å². The van der Waals surface area contributed by atoms with E-state index in [2.05, 4.69) is 29.2 Å². The number of carboxylic acids is 1. The number of fused-ring (bicyclic) bond motifs is 1. The van der Waals surface area contributed by atoms with Crippen molar-refractivity contribution in [2.75, 3.05) is 14.1 Å². The molecule has 4 rings (SSSR count). The van der Waals surface area contributed by atoms with Crippen LogP contribution in [-0.4, -0.2) is 30.1 Å². The van der Waals surface area contributed by atoms with Gasteiger partial charge in [0.2, 0.25) is 0 Å². The zero-order valence-electron chi connectivity index (χ0n) is 18.9. The standard InChI is InChI=1S/C27H28N2O4/c1-29(2)15-22-11-21(19-8-5-6-18(10-19)14-28)12-24-23(17-33-27(22)24)16-32-25-9-4-3-7-20(25)13-26(30)31/h3-12,17H,13-16,28H2,1-2H3,(H,30,31). The summed E-state index contributed by atoms with van der Waals surface area (Å²) >= 11 is 0. The number of carboxylic acid groups (broad SMARTS) is 1. The quantitative estimate of drug-likeness (QED) is 0.385. The van der Waals surface area contributed by atoms with Gasteiger partial charge in [-0.3, -0.25) is 4.79 Å². The van der Waals surface area contributed by atoms with Crippen LogP contribution in [0.25, 0.3) is 22.1 Å². The van der Waals surface area contributed by atoms with Crippen LogP contribution in [0.2, 0.25) is 0 Å². The molecule has 3 aromatic carbocycles. The monoisotopic (exact) mass is 444 g/mol. The van der Waals surface area contributed by atoms with Crippen LogP contribution in [-0.2, 0) is 30.9 Å². The Bertz CT molecular complexity index is 1280. The maximum atomic E-state index is 11.2. The Hall–Kier alpha value is -3.61. The summed E-state index contributed by atoms with van der Waals surface area (Å²) in [4.78, 5) is 13.3. The molecule has 0 saturated carbocycles. The Morgan fingerprint density at radius 3 is 2.58 bits per heavy atom. The third-order valence-electron chi connectivity index (χ3n) is 5.51. The van der Waals surface area contributed by atoms with Gasteiger partial charge in [0.15, 0.2) is 0 Å². The first-order valence-corrected chi connectivity index (χ1v) is 10.8. The molecule has 0 atom stereocenters. The number of nitrogens with two attached hydrogens (primary N) is 1. The van der Waals surface area contributed by atoms with Crippen LogP contribution < -0.4 is 10.5 Å². The number of aliphatic carboxylic acids is 1. The van der Waals surface area contributed by atoms with Gasteiger partial charge in [0.25, 0.3) is 0 Å². The lowest BCUT2D eigenvalue weighted by molar-refractivity contribution is -0.136. The van der Waals surface area contributed by atoms with Crippen LogP contribution in [0.3, 0.4) is 0 Å². The Labute approximate surface area is 193 Å². The third-order valence-corrected chi connectivity index (χ3v) is 5.51. The van der Waals surface area contributed by atoms with Crippen LogP contribution in [0.4, 0.5) is 0 Å². The fourth-order valence-corrected chi connectivity index (χ4v) is 3.98. The lowest BCUT2D eigenvalue weighted by Crippen LogP contribution is -2.11. The number of hydrogen-bond acceptors (Lipinski definition) is 5. The average molecular weight is 445 g/mol. The van der Waals surface area contributed by atoms with Gasteiger partial charge in [-0.05, 0) is 55.1 Å². The number of nitrogens with zero attached hydrogens (tertiary/aromatic N) is 1. The van der Waals surface area contributed by atoms with Crippen molar-refractivity contribution in [2.24, 2.45) is 5.73 Å². The van der Waals surface area contributed by atoms with E-state index >= 15 is 0 Å². The second-order valence-electron chi connectivity index (χ2n) is 8.38. The van der Waals surface area contributed by atoms with E-state index in [9.17, 15) is 9.90 Å². The lowest BCUT2D eigenvalue weighted by atomic mass is 9.97. The first kappa shape index (κ1) is 22.6. The van der Waals surface area contributed by atoms with Crippen molar-refractivity contribution in [3.8, 4) is 16.9 Å². The minimum Gasteiger partial charge on any atom is -0.488 e. The molecule has 6 heteroatoms. The highest BCUT2D eigenvalue weighted by Crippen LogP contribution is 2.33. The molecule has 0 spiro atoms. The number of rotatable bonds is 9. The fraction of sp³-hybridized carbons (Fsp3) is 0.222. The molecular formula is C27H28N2O4. The van der Waals surface area contributed by atoms with E-state index in [0.717, 1.165) is 45.3 Å². The van der Waals surface area contributed by atoms with Gasteiger partial charge in [-0.15, -0.1) is 0 Å². The van der Waals surface area contributed by atoms with Gasteiger partial charge in [0, 0.05) is 35.2 Å². The van der Waals surface area contributed by atoms with Crippen LogP contribution in [0, 0.1) is 0 Å². The summed E-state index contributed by atoms with van der Waals surface area (Å²) in [7, 11) is 4.06. The lowest BCUT2D eigenvalue weighted by Gasteiger charge is -2.13. The van der Waals surface area contributed by atoms with Crippen LogP contribution >= 0.6 is 0 Å². The van der Waals surface area contributed by atoms with Crippen molar-refractivity contribution in [1.82, 2.24) is 4.90 Å². The molecular weight excluding hydrogens is 416 g/mol. The Balaban J connectivity index is 1.72. The highest BCUT2D eigenvalue weighted by Gasteiger charge is 2.15. The molecule has 1 heterocycles. The molecule has 0 radical (unpaired) electrons. The molecule has 0 fully saturated rings. The smallest absolute Gasteiger partial charge is 0.307 e. The zero-order valence-corrected chi connectivity index (χ0v) is 18.9. The number of carbonyl (C=O) groups is 1. The number of hydrogen-bond donors (Lipinski definition) is 2. The summed E-state index contributed by atoms with van der Waals surface area (Å²) in [6.07, 6.45) is 1.64. The summed E-state index contributed by atoms with van der Waals surface area (Å²) in [5.74, 6) is -0.327. The second-order valence-corrected chi connectivity index (χ2v) is 8.38. The van der Waals surface area contributed by atoms with Crippen molar-refractivity contribution in [3.05, 3.63) is 89.2 Å². The summed E-state index contributed by atoms with van der Waals surface area (Å²) in [5, 5.41) is 10.2. The van der Waals surface area contributed by atoms with E-state index in [0.29, 0.717) is 17.9 Å². The molecule has 6 nitrogen and oxygen atoms in total. The summed E-state index contributed by atoms with van der Waals surface area (Å²) in [6.45, 7) is 1.49. The van der Waals surface area contributed by atoms with E-state index in [4.69, 9.17) is 14.9 Å². The fourth-order valence-electron chi connectivity index (χ4n) is 3.98. The number of benzene rings is 3. The molecule has 0 aliphatic heterocycles. The molecule has 0 aliphatic rings. The van der Waals surface area contributed by atoms with Gasteiger partial charge in [-0.25, -0.2) is 0 Å². The third kappa shape index (κ3) is 5.25. The van der Waals surface area contributed by atoms with Crippen molar-refractivity contribution in [1.29, 1.82) is 0 Å². The van der Waals surface area contributed by atoms with Crippen molar-refractivity contribution < 1.29 is 19.1 Å². The molecule has 0 bridgehead atoms. The van der Waals surface area contributed by atoms with Crippen LogP contribution in [0.1, 0.15) is 22.3 Å². The SMILES string of the molecule is CN(C)Cc1cc(-c2cccc(CN)c2)cc2c(COc3ccccc3CC(=O)O)coc12. The summed E-state index contributed by atoms with van der Waals surface area (Å²) in [6, 6.07) is 19.7. The molecule has 0 unspecified atom stereocenters. The van der Waals surface area contributed by atoms with E-state index in [1.165, 1.54) is 0 Å². The van der Waals surface area contributed by atoms with E-state index in [1.54, 1.807) is 18.4 Å². The van der Waals surface area contributed by atoms with Gasteiger partial charge in [0.05, 0.1) is 12.7 Å². The van der Waals surface area contributed by atoms with E-state index in [1.807, 2.05) is 38.4 Å². The van der Waals surface area contributed by atoms with Gasteiger partial charge in [-0.2, -0.15) is 0 Å². The largest absolute Gasteiger partial charge is 0.488 e. The Morgan fingerprint density at radius 2 is 1.82 bits per heavy atom. The molecule has 170 valence electrons. The second kappa shape index (κ2) is 9.90. The van der Waals surface area contributed by atoms with Crippen molar-refractivity contribution in [3.63, 3.8) is 0 Å². The van der Waals surface area contributed by atoms with Gasteiger partial charge in [-0.1, -0.05) is 36.4 Å². The number of furan rings is 1. The molecule has 0 saturated heterocycles. The number of ether oxygens (including phenoxy) is 1. The van der Waals surface area contributed by atoms with E-state index < -0.39 is 5.97 Å². The van der Waals surface area contributed by atoms with Crippen LogP contribution in [0.15, 0.2) is 71.3 Å².